The molecule has 0 saturated heterocycles. The quantitative estimate of drug-likeness (QED) is 0.253. The van der Waals surface area contributed by atoms with Crippen LogP contribution >= 0.6 is 23.2 Å². The fourth-order valence-corrected chi connectivity index (χ4v) is 4.18. The lowest BCUT2D eigenvalue weighted by Gasteiger charge is -2.13. The molecular weight excluding hydrogens is 453 g/mol. The number of aromatic amines is 1. The summed E-state index contributed by atoms with van der Waals surface area (Å²) in [5, 5.41) is 4.62. The third-order valence-corrected chi connectivity index (χ3v) is 6.51. The number of nitrogens with zero attached hydrogens (tertiary/aromatic N) is 3. The second kappa shape index (κ2) is 11.4. The number of H-pyrrole nitrogens is 1. The van der Waals surface area contributed by atoms with Gasteiger partial charge in [-0.15, -0.1) is 0 Å². The minimum absolute atomic E-state index is 0.315. The topological polar surface area (TPSA) is 66.5 Å². The summed E-state index contributed by atoms with van der Waals surface area (Å²) in [5.41, 5.74) is 5.11. The van der Waals surface area contributed by atoms with E-state index in [0.717, 1.165) is 60.7 Å². The highest BCUT2D eigenvalue weighted by Crippen LogP contribution is 2.35. The first-order chi connectivity index (χ1) is 16.2. The van der Waals surface area contributed by atoms with E-state index in [2.05, 4.69) is 39.3 Å². The summed E-state index contributed by atoms with van der Waals surface area (Å²) in [5.74, 6) is 1.30. The summed E-state index contributed by atoms with van der Waals surface area (Å²) < 4.78 is 0. The van der Waals surface area contributed by atoms with Crippen molar-refractivity contribution >= 4 is 23.2 Å². The number of benzene rings is 1. The molecule has 4 rings (SSSR count). The van der Waals surface area contributed by atoms with Crippen LogP contribution < -0.4 is 5.32 Å². The van der Waals surface area contributed by atoms with Gasteiger partial charge in [-0.25, -0.2) is 4.98 Å². The van der Waals surface area contributed by atoms with Crippen molar-refractivity contribution in [2.75, 3.05) is 13.1 Å². The molecule has 0 aliphatic rings. The largest absolute Gasteiger partial charge is 0.341 e. The molecule has 7 heteroatoms. The molecule has 33 heavy (non-hydrogen) atoms. The molecule has 170 valence electrons. The Hall–Kier alpha value is -2.73. The van der Waals surface area contributed by atoms with E-state index in [1.807, 2.05) is 42.7 Å². The number of aromatic nitrogens is 4. The van der Waals surface area contributed by atoms with E-state index in [0.29, 0.717) is 16.0 Å². The molecule has 2 N–H and O–H groups in total. The Labute approximate surface area is 204 Å². The highest BCUT2D eigenvalue weighted by atomic mass is 35.5. The van der Waals surface area contributed by atoms with Crippen molar-refractivity contribution in [3.63, 3.8) is 0 Å². The lowest BCUT2D eigenvalue weighted by Crippen LogP contribution is -2.20. The Morgan fingerprint density at radius 3 is 2.30 bits per heavy atom. The van der Waals surface area contributed by atoms with Crippen molar-refractivity contribution < 1.29 is 0 Å². The molecule has 5 nitrogen and oxygen atoms in total. The van der Waals surface area contributed by atoms with Crippen LogP contribution in [-0.2, 0) is 6.42 Å². The average molecular weight is 480 g/mol. The number of halogens is 2. The summed E-state index contributed by atoms with van der Waals surface area (Å²) in [4.78, 5) is 16.9. The summed E-state index contributed by atoms with van der Waals surface area (Å²) in [6.07, 6.45) is 10.2. The van der Waals surface area contributed by atoms with E-state index in [-0.39, 0.29) is 0 Å². The van der Waals surface area contributed by atoms with Crippen molar-refractivity contribution in [2.24, 2.45) is 0 Å². The van der Waals surface area contributed by atoms with Gasteiger partial charge in [0.1, 0.15) is 5.82 Å². The molecule has 0 amide bonds. The van der Waals surface area contributed by atoms with Crippen molar-refractivity contribution in [3.05, 3.63) is 88.7 Å². The number of pyridine rings is 2. The monoisotopic (exact) mass is 479 g/mol. The molecular formula is C26H27Cl2N5. The summed E-state index contributed by atoms with van der Waals surface area (Å²) >= 11 is 12.5. The van der Waals surface area contributed by atoms with Gasteiger partial charge in [-0.1, -0.05) is 36.2 Å². The summed E-state index contributed by atoms with van der Waals surface area (Å²) in [7, 11) is 0. The van der Waals surface area contributed by atoms with Gasteiger partial charge in [-0.3, -0.25) is 9.97 Å². The van der Waals surface area contributed by atoms with Crippen LogP contribution in [0.1, 0.15) is 37.1 Å². The van der Waals surface area contributed by atoms with Crippen molar-refractivity contribution in [1.29, 1.82) is 0 Å². The molecule has 0 aliphatic carbocycles. The minimum Gasteiger partial charge on any atom is -0.341 e. The fraction of sp³-hybridized carbons (Fsp3) is 0.269. The molecule has 4 aromatic rings. The van der Waals surface area contributed by atoms with Gasteiger partial charge in [0.15, 0.2) is 0 Å². The predicted molar refractivity (Wildman–Crippen MR) is 136 cm³/mol. The number of imidazole rings is 1. The van der Waals surface area contributed by atoms with Gasteiger partial charge in [0.05, 0.1) is 21.4 Å². The van der Waals surface area contributed by atoms with E-state index in [1.54, 1.807) is 12.4 Å². The van der Waals surface area contributed by atoms with Crippen molar-refractivity contribution in [3.8, 4) is 22.5 Å². The molecule has 3 aromatic heterocycles. The molecule has 1 unspecified atom stereocenters. The predicted octanol–water partition coefficient (Wildman–Crippen LogP) is 6.56. The first-order valence-corrected chi connectivity index (χ1v) is 12.0. The van der Waals surface area contributed by atoms with Crippen LogP contribution in [0.4, 0.5) is 0 Å². The van der Waals surface area contributed by atoms with Crippen LogP contribution in [-0.4, -0.2) is 33.0 Å². The Kier molecular flexibility index (Phi) is 8.10. The van der Waals surface area contributed by atoms with Crippen LogP contribution in [0.2, 0.25) is 10.0 Å². The van der Waals surface area contributed by atoms with Gasteiger partial charge < -0.3 is 10.3 Å². The molecule has 1 atom stereocenters. The van der Waals surface area contributed by atoms with Crippen LogP contribution in [0.25, 0.3) is 22.5 Å². The van der Waals surface area contributed by atoms with E-state index >= 15 is 0 Å². The molecule has 0 fully saturated rings. The first-order valence-electron chi connectivity index (χ1n) is 11.2. The average Bonchev–Trinajstić information content (AvgIpc) is 3.29. The molecule has 0 saturated carbocycles. The van der Waals surface area contributed by atoms with Crippen LogP contribution in [0.5, 0.6) is 0 Å². The Morgan fingerprint density at radius 1 is 0.879 bits per heavy atom. The third-order valence-electron chi connectivity index (χ3n) is 5.77. The zero-order valence-electron chi connectivity index (χ0n) is 18.6. The third kappa shape index (κ3) is 5.99. The first kappa shape index (κ1) is 23.4. The van der Waals surface area contributed by atoms with Gasteiger partial charge in [0, 0.05) is 41.8 Å². The smallest absolute Gasteiger partial charge is 0.110 e. The van der Waals surface area contributed by atoms with Gasteiger partial charge >= 0.3 is 0 Å². The molecule has 1 aromatic carbocycles. The second-order valence-electron chi connectivity index (χ2n) is 7.96. The maximum Gasteiger partial charge on any atom is 0.110 e. The molecule has 0 aliphatic heterocycles. The van der Waals surface area contributed by atoms with Gasteiger partial charge in [0.2, 0.25) is 0 Å². The summed E-state index contributed by atoms with van der Waals surface area (Å²) in [6.45, 7) is 4.07. The Bertz CT molecular complexity index is 1160. The maximum atomic E-state index is 6.31. The Balaban J connectivity index is 1.51. The van der Waals surface area contributed by atoms with Gasteiger partial charge in [-0.05, 0) is 74.3 Å². The Morgan fingerprint density at radius 2 is 1.61 bits per heavy atom. The fourth-order valence-electron chi connectivity index (χ4n) is 3.88. The molecule has 0 spiro atoms. The van der Waals surface area contributed by atoms with Crippen LogP contribution in [0, 0.1) is 0 Å². The number of rotatable bonds is 10. The summed E-state index contributed by atoms with van der Waals surface area (Å²) in [6, 6.07) is 13.7. The highest BCUT2D eigenvalue weighted by molar-refractivity contribution is 6.42. The van der Waals surface area contributed by atoms with E-state index in [4.69, 9.17) is 28.2 Å². The zero-order chi connectivity index (χ0) is 23.0. The van der Waals surface area contributed by atoms with Crippen LogP contribution in [0.15, 0.2) is 67.3 Å². The number of nitrogens with one attached hydrogen (secondary N) is 2. The van der Waals surface area contributed by atoms with Crippen molar-refractivity contribution in [2.45, 2.75) is 32.1 Å². The highest BCUT2D eigenvalue weighted by Gasteiger charge is 2.20. The number of hydrogen-bond acceptors (Lipinski definition) is 4. The normalized spacial score (nSPS) is 12.1. The zero-order valence-corrected chi connectivity index (χ0v) is 20.1. The lowest BCUT2D eigenvalue weighted by atomic mass is 10.0. The maximum absolute atomic E-state index is 6.31. The molecule has 0 bridgehead atoms. The second-order valence-corrected chi connectivity index (χ2v) is 8.77. The minimum atomic E-state index is 0.315. The van der Waals surface area contributed by atoms with Crippen LogP contribution in [0.3, 0.4) is 0 Å². The van der Waals surface area contributed by atoms with E-state index in [1.165, 1.54) is 5.56 Å². The van der Waals surface area contributed by atoms with Crippen molar-refractivity contribution in [1.82, 2.24) is 25.3 Å². The molecule has 0 radical (unpaired) electrons. The SMILES string of the molecule is CCC(CCNCCc1ccncc1)c1nc(-c2ccc(Cl)c(Cl)c2)c(-c2ccncc2)[nH]1. The standard InChI is InChI=1S/C26H27Cl2N5/c1-2-19(8-14-30-13-7-18-5-11-29-12-6-18)26-32-24(20-9-15-31-16-10-20)25(33-26)21-3-4-22(27)23(28)17-21/h3-6,9-12,15-17,19,30H,2,7-8,13-14H2,1H3,(H,32,33). The van der Waals surface area contributed by atoms with E-state index < -0.39 is 0 Å². The lowest BCUT2D eigenvalue weighted by molar-refractivity contribution is 0.539. The molecule has 3 heterocycles. The number of hydrogen-bond donors (Lipinski definition) is 2. The van der Waals surface area contributed by atoms with E-state index in [9.17, 15) is 0 Å². The van der Waals surface area contributed by atoms with Gasteiger partial charge in [-0.2, -0.15) is 0 Å². The van der Waals surface area contributed by atoms with Gasteiger partial charge in [0.25, 0.3) is 0 Å².